The van der Waals surface area contributed by atoms with Gasteiger partial charge in [-0.05, 0) is 36.8 Å². The second-order valence-corrected chi connectivity index (χ2v) is 7.60. The number of nitrogens with one attached hydrogen (secondary N) is 1. The lowest BCUT2D eigenvalue weighted by atomic mass is 10.2. The standard InChI is InChI=1S/C17H18N4O3S/c1-12(25(18,23)24)17(22)19-10-13-6-8-14(9-7-13)21-11-20-15-4-2-3-5-16(15)21/h2-9,11-12H,10H2,1H3,(H,19,22)(H2,18,23,24). The van der Waals surface area contributed by atoms with Crippen LogP contribution in [0.4, 0.5) is 0 Å². The third-order valence-electron chi connectivity index (χ3n) is 4.00. The summed E-state index contributed by atoms with van der Waals surface area (Å²) in [6.07, 6.45) is 1.76. The van der Waals surface area contributed by atoms with Gasteiger partial charge in [-0.2, -0.15) is 0 Å². The van der Waals surface area contributed by atoms with Gasteiger partial charge >= 0.3 is 0 Å². The van der Waals surface area contributed by atoms with Crippen molar-refractivity contribution in [2.75, 3.05) is 0 Å². The molecule has 1 aromatic heterocycles. The van der Waals surface area contributed by atoms with Crippen molar-refractivity contribution in [3.8, 4) is 5.69 Å². The lowest BCUT2D eigenvalue weighted by Gasteiger charge is -2.11. The van der Waals surface area contributed by atoms with E-state index in [-0.39, 0.29) is 6.54 Å². The number of sulfonamides is 1. The van der Waals surface area contributed by atoms with Gasteiger partial charge in [0.2, 0.25) is 15.9 Å². The molecule has 3 N–H and O–H groups in total. The number of hydrogen-bond donors (Lipinski definition) is 2. The molecule has 130 valence electrons. The van der Waals surface area contributed by atoms with Crippen LogP contribution in [-0.2, 0) is 21.4 Å². The number of nitrogens with two attached hydrogens (primary N) is 1. The van der Waals surface area contributed by atoms with Crippen LogP contribution in [0.15, 0.2) is 54.9 Å². The third-order valence-corrected chi connectivity index (χ3v) is 5.20. The predicted molar refractivity (Wildman–Crippen MR) is 95.5 cm³/mol. The van der Waals surface area contributed by atoms with Crippen molar-refractivity contribution in [3.05, 3.63) is 60.4 Å². The van der Waals surface area contributed by atoms with Crippen LogP contribution >= 0.6 is 0 Å². The monoisotopic (exact) mass is 358 g/mol. The summed E-state index contributed by atoms with van der Waals surface area (Å²) < 4.78 is 24.3. The van der Waals surface area contributed by atoms with E-state index in [4.69, 9.17) is 5.14 Å². The van der Waals surface area contributed by atoms with E-state index in [1.807, 2.05) is 53.1 Å². The molecule has 25 heavy (non-hydrogen) atoms. The zero-order chi connectivity index (χ0) is 18.0. The molecule has 0 radical (unpaired) electrons. The molecule has 1 atom stereocenters. The fourth-order valence-electron chi connectivity index (χ4n) is 2.42. The van der Waals surface area contributed by atoms with Crippen LogP contribution in [0.2, 0.25) is 0 Å². The first kappa shape index (κ1) is 17.1. The first-order valence-corrected chi connectivity index (χ1v) is 9.28. The number of benzene rings is 2. The van der Waals surface area contributed by atoms with Crippen molar-refractivity contribution >= 4 is 27.0 Å². The molecule has 0 spiro atoms. The third kappa shape index (κ3) is 3.70. The van der Waals surface area contributed by atoms with Gasteiger partial charge in [0.15, 0.2) is 5.25 Å². The van der Waals surface area contributed by atoms with Gasteiger partial charge in [-0.1, -0.05) is 24.3 Å². The summed E-state index contributed by atoms with van der Waals surface area (Å²) in [7, 11) is -3.89. The number of imidazole rings is 1. The molecular formula is C17H18N4O3S. The summed E-state index contributed by atoms with van der Waals surface area (Å²) in [6.45, 7) is 1.49. The van der Waals surface area contributed by atoms with Gasteiger partial charge < -0.3 is 5.32 Å². The highest BCUT2D eigenvalue weighted by Gasteiger charge is 2.23. The topological polar surface area (TPSA) is 107 Å². The lowest BCUT2D eigenvalue weighted by Crippen LogP contribution is -2.40. The highest BCUT2D eigenvalue weighted by atomic mass is 32.2. The number of nitrogens with zero attached hydrogens (tertiary/aromatic N) is 2. The van der Waals surface area contributed by atoms with Crippen LogP contribution in [0.3, 0.4) is 0 Å². The molecule has 0 bridgehead atoms. The molecule has 3 rings (SSSR count). The lowest BCUT2D eigenvalue weighted by molar-refractivity contribution is -0.120. The largest absolute Gasteiger partial charge is 0.351 e. The molecule has 8 heteroatoms. The number of aromatic nitrogens is 2. The van der Waals surface area contributed by atoms with E-state index < -0.39 is 21.2 Å². The van der Waals surface area contributed by atoms with Crippen molar-refractivity contribution in [1.29, 1.82) is 0 Å². The van der Waals surface area contributed by atoms with Crippen LogP contribution in [-0.4, -0.2) is 29.1 Å². The Labute approximate surface area is 145 Å². The highest BCUT2D eigenvalue weighted by Crippen LogP contribution is 2.18. The number of rotatable bonds is 5. The molecule has 0 aliphatic heterocycles. The minimum atomic E-state index is -3.89. The Hall–Kier alpha value is -2.71. The van der Waals surface area contributed by atoms with Crippen LogP contribution in [0.5, 0.6) is 0 Å². The maximum Gasteiger partial charge on any atom is 0.239 e. The van der Waals surface area contributed by atoms with Crippen molar-refractivity contribution in [1.82, 2.24) is 14.9 Å². The minimum absolute atomic E-state index is 0.226. The van der Waals surface area contributed by atoms with Gasteiger partial charge in [0.1, 0.15) is 6.33 Å². The van der Waals surface area contributed by atoms with E-state index in [1.165, 1.54) is 6.92 Å². The van der Waals surface area contributed by atoms with E-state index in [1.54, 1.807) is 6.33 Å². The van der Waals surface area contributed by atoms with Crippen LogP contribution < -0.4 is 10.5 Å². The first-order chi connectivity index (χ1) is 11.9. The van der Waals surface area contributed by atoms with Crippen molar-refractivity contribution in [3.63, 3.8) is 0 Å². The van der Waals surface area contributed by atoms with Crippen LogP contribution in [0, 0.1) is 0 Å². The number of fused-ring (bicyclic) bond motifs is 1. The van der Waals surface area contributed by atoms with Crippen molar-refractivity contribution < 1.29 is 13.2 Å². The summed E-state index contributed by atoms with van der Waals surface area (Å²) in [6, 6.07) is 15.4. The Morgan fingerprint density at radius 2 is 1.88 bits per heavy atom. The summed E-state index contributed by atoms with van der Waals surface area (Å²) in [4.78, 5) is 16.1. The summed E-state index contributed by atoms with van der Waals surface area (Å²) in [5.74, 6) is -0.618. The molecule has 0 aliphatic rings. The smallest absolute Gasteiger partial charge is 0.239 e. The zero-order valence-electron chi connectivity index (χ0n) is 13.6. The van der Waals surface area contributed by atoms with Gasteiger partial charge in [0, 0.05) is 12.2 Å². The predicted octanol–water partition coefficient (Wildman–Crippen LogP) is 1.32. The number of primary sulfonamides is 1. The molecule has 1 heterocycles. The Balaban J connectivity index is 1.72. The Kier molecular flexibility index (Phi) is 4.56. The number of carbonyl (C=O) groups is 1. The highest BCUT2D eigenvalue weighted by molar-refractivity contribution is 7.90. The fourth-order valence-corrected chi connectivity index (χ4v) is 2.80. The average molecular weight is 358 g/mol. The Bertz CT molecular complexity index is 1010. The molecule has 1 unspecified atom stereocenters. The van der Waals surface area contributed by atoms with Gasteiger partial charge in [0.25, 0.3) is 0 Å². The van der Waals surface area contributed by atoms with E-state index >= 15 is 0 Å². The summed E-state index contributed by atoms with van der Waals surface area (Å²) >= 11 is 0. The maximum atomic E-state index is 11.8. The second kappa shape index (κ2) is 6.66. The molecule has 3 aromatic rings. The number of carbonyl (C=O) groups excluding carboxylic acids is 1. The van der Waals surface area contributed by atoms with Gasteiger partial charge in [-0.15, -0.1) is 0 Å². The number of para-hydroxylation sites is 2. The number of hydrogen-bond acceptors (Lipinski definition) is 4. The minimum Gasteiger partial charge on any atom is -0.351 e. The molecule has 2 aromatic carbocycles. The molecule has 0 saturated heterocycles. The zero-order valence-corrected chi connectivity index (χ0v) is 14.4. The van der Waals surface area contributed by atoms with Gasteiger partial charge in [-0.3, -0.25) is 9.36 Å². The van der Waals surface area contributed by atoms with Crippen molar-refractivity contribution in [2.45, 2.75) is 18.7 Å². The Morgan fingerprint density at radius 3 is 2.56 bits per heavy atom. The van der Waals surface area contributed by atoms with Gasteiger partial charge in [0.05, 0.1) is 11.0 Å². The summed E-state index contributed by atoms with van der Waals surface area (Å²) in [5.41, 5.74) is 3.71. The molecule has 1 amide bonds. The fraction of sp³-hybridized carbons (Fsp3) is 0.176. The average Bonchev–Trinajstić information content (AvgIpc) is 3.03. The normalized spacial score (nSPS) is 12.9. The molecule has 0 saturated carbocycles. The Morgan fingerprint density at radius 1 is 1.20 bits per heavy atom. The first-order valence-electron chi connectivity index (χ1n) is 7.67. The van der Waals surface area contributed by atoms with E-state index in [0.29, 0.717) is 0 Å². The quantitative estimate of drug-likeness (QED) is 0.717. The molecule has 0 fully saturated rings. The molecule has 0 aliphatic carbocycles. The van der Waals surface area contributed by atoms with E-state index in [2.05, 4.69) is 10.3 Å². The van der Waals surface area contributed by atoms with E-state index in [9.17, 15) is 13.2 Å². The molecular weight excluding hydrogens is 340 g/mol. The molecule has 7 nitrogen and oxygen atoms in total. The SMILES string of the molecule is CC(C(=O)NCc1ccc(-n2cnc3ccccc32)cc1)S(N)(=O)=O. The maximum absolute atomic E-state index is 11.8. The second-order valence-electron chi connectivity index (χ2n) is 5.72. The van der Waals surface area contributed by atoms with Gasteiger partial charge in [-0.25, -0.2) is 18.5 Å². The van der Waals surface area contributed by atoms with Crippen LogP contribution in [0.25, 0.3) is 16.7 Å². The summed E-state index contributed by atoms with van der Waals surface area (Å²) in [5, 5.41) is 6.27. The van der Waals surface area contributed by atoms with Crippen LogP contribution in [0.1, 0.15) is 12.5 Å². The van der Waals surface area contributed by atoms with Crippen molar-refractivity contribution in [2.24, 2.45) is 5.14 Å². The van der Waals surface area contributed by atoms with E-state index in [0.717, 1.165) is 22.3 Å². The number of amides is 1.